The van der Waals surface area contributed by atoms with E-state index in [1.807, 2.05) is 31.2 Å². The summed E-state index contributed by atoms with van der Waals surface area (Å²) in [6.45, 7) is 7.09. The highest BCUT2D eigenvalue weighted by molar-refractivity contribution is 5.80. The second-order valence-electron chi connectivity index (χ2n) is 5.99. The third-order valence-electron chi connectivity index (χ3n) is 3.99. The number of rotatable bonds is 6. The molecule has 1 heterocycles. The maximum atomic E-state index is 9.65. The smallest absolute Gasteiger partial charge is 0.194 e. The highest BCUT2D eigenvalue weighted by Gasteiger charge is 2.20. The number of likely N-dealkylation sites (tertiary alicyclic amines) is 1. The van der Waals surface area contributed by atoms with Crippen molar-refractivity contribution in [3.63, 3.8) is 0 Å². The highest BCUT2D eigenvalue weighted by Crippen LogP contribution is 2.26. The number of piperidine rings is 1. The van der Waals surface area contributed by atoms with E-state index in [1.54, 1.807) is 7.11 Å². The summed E-state index contributed by atoms with van der Waals surface area (Å²) in [5, 5.41) is 13.0. The summed E-state index contributed by atoms with van der Waals surface area (Å²) in [4.78, 5) is 6.90. The molecule has 1 aliphatic rings. The fraction of sp³-hybridized carbons (Fsp3) is 0.611. The summed E-state index contributed by atoms with van der Waals surface area (Å²) in [6.07, 6.45) is 1.33. The van der Waals surface area contributed by atoms with Crippen LogP contribution in [0.1, 0.15) is 26.7 Å². The van der Waals surface area contributed by atoms with E-state index in [1.165, 1.54) is 0 Å². The number of ether oxygens (including phenoxy) is 2. The molecule has 0 aliphatic carbocycles. The third kappa shape index (κ3) is 5.30. The van der Waals surface area contributed by atoms with E-state index < -0.39 is 0 Å². The Morgan fingerprint density at radius 3 is 2.62 bits per heavy atom. The number of hydrogen-bond acceptors (Lipinski definition) is 4. The molecule has 0 bridgehead atoms. The average Bonchev–Trinajstić information content (AvgIpc) is 2.60. The SMILES string of the molecule is CCNC(=NCC(C)Oc1ccccc1OC)N1CCC(O)CC1. The van der Waals surface area contributed by atoms with Gasteiger partial charge in [0.2, 0.25) is 0 Å². The predicted octanol–water partition coefficient (Wildman–Crippen LogP) is 1.88. The molecule has 0 amide bonds. The lowest BCUT2D eigenvalue weighted by molar-refractivity contribution is 0.107. The molecule has 6 heteroatoms. The largest absolute Gasteiger partial charge is 0.493 e. The maximum absolute atomic E-state index is 9.65. The summed E-state index contributed by atoms with van der Waals surface area (Å²) in [5.74, 6) is 2.35. The molecule has 1 aliphatic heterocycles. The molecule has 1 aromatic carbocycles. The molecule has 2 N–H and O–H groups in total. The normalized spacial score (nSPS) is 17.5. The van der Waals surface area contributed by atoms with Crippen LogP contribution in [0.4, 0.5) is 0 Å². The molecular weight excluding hydrogens is 306 g/mol. The van der Waals surface area contributed by atoms with Crippen LogP contribution in [0, 0.1) is 0 Å². The van der Waals surface area contributed by atoms with E-state index in [4.69, 9.17) is 14.5 Å². The Morgan fingerprint density at radius 2 is 2.00 bits per heavy atom. The number of hydrogen-bond donors (Lipinski definition) is 2. The number of aliphatic hydroxyl groups excluding tert-OH is 1. The van der Waals surface area contributed by atoms with Crippen LogP contribution < -0.4 is 14.8 Å². The van der Waals surface area contributed by atoms with E-state index in [-0.39, 0.29) is 12.2 Å². The Bertz CT molecular complexity index is 528. The molecule has 1 aromatic rings. The van der Waals surface area contributed by atoms with E-state index in [0.29, 0.717) is 6.54 Å². The summed E-state index contributed by atoms with van der Waals surface area (Å²) in [6, 6.07) is 7.63. The van der Waals surface area contributed by atoms with Crippen molar-refractivity contribution in [2.75, 3.05) is 33.3 Å². The van der Waals surface area contributed by atoms with Gasteiger partial charge in [-0.2, -0.15) is 0 Å². The Morgan fingerprint density at radius 1 is 1.33 bits per heavy atom. The molecule has 0 saturated carbocycles. The Kier molecular flexibility index (Phi) is 7.18. The van der Waals surface area contributed by atoms with Crippen molar-refractivity contribution in [3.8, 4) is 11.5 Å². The van der Waals surface area contributed by atoms with E-state index in [2.05, 4.69) is 17.1 Å². The van der Waals surface area contributed by atoms with Crippen LogP contribution in [-0.2, 0) is 0 Å². The van der Waals surface area contributed by atoms with Crippen LogP contribution in [0.5, 0.6) is 11.5 Å². The van der Waals surface area contributed by atoms with Crippen molar-refractivity contribution in [1.82, 2.24) is 10.2 Å². The molecule has 134 valence electrons. The molecule has 6 nitrogen and oxygen atoms in total. The number of aliphatic hydroxyl groups is 1. The lowest BCUT2D eigenvalue weighted by Crippen LogP contribution is -2.47. The van der Waals surface area contributed by atoms with Crippen molar-refractivity contribution in [1.29, 1.82) is 0 Å². The average molecular weight is 335 g/mol. The van der Waals surface area contributed by atoms with Gasteiger partial charge in [0.05, 0.1) is 19.8 Å². The number of methoxy groups -OCH3 is 1. The van der Waals surface area contributed by atoms with Crippen molar-refractivity contribution in [3.05, 3.63) is 24.3 Å². The Balaban J connectivity index is 1.94. The van der Waals surface area contributed by atoms with Gasteiger partial charge < -0.3 is 24.8 Å². The number of nitrogens with one attached hydrogen (secondary N) is 1. The minimum Gasteiger partial charge on any atom is -0.493 e. The van der Waals surface area contributed by atoms with Gasteiger partial charge in [-0.3, -0.25) is 0 Å². The van der Waals surface area contributed by atoms with Gasteiger partial charge in [-0.15, -0.1) is 0 Å². The fourth-order valence-corrected chi connectivity index (χ4v) is 2.69. The van der Waals surface area contributed by atoms with E-state index >= 15 is 0 Å². The van der Waals surface area contributed by atoms with Crippen molar-refractivity contribution < 1.29 is 14.6 Å². The topological polar surface area (TPSA) is 66.3 Å². The van der Waals surface area contributed by atoms with Crippen LogP contribution >= 0.6 is 0 Å². The quantitative estimate of drug-likeness (QED) is 0.614. The lowest BCUT2D eigenvalue weighted by Gasteiger charge is -2.32. The number of guanidine groups is 1. The van der Waals surface area contributed by atoms with Crippen molar-refractivity contribution >= 4 is 5.96 Å². The predicted molar refractivity (Wildman–Crippen MR) is 95.9 cm³/mol. The first-order chi connectivity index (χ1) is 11.6. The first-order valence-electron chi connectivity index (χ1n) is 8.65. The van der Waals surface area contributed by atoms with Gasteiger partial charge in [0.25, 0.3) is 0 Å². The standard InChI is InChI=1S/C18H29N3O3/c1-4-19-18(21-11-9-15(22)10-12-21)20-13-14(2)24-17-8-6-5-7-16(17)23-3/h5-8,14-15,22H,4,9-13H2,1-3H3,(H,19,20). The first-order valence-corrected chi connectivity index (χ1v) is 8.65. The van der Waals surface area contributed by atoms with Gasteiger partial charge in [0.1, 0.15) is 6.10 Å². The van der Waals surface area contributed by atoms with Gasteiger partial charge in [-0.25, -0.2) is 4.99 Å². The van der Waals surface area contributed by atoms with E-state index in [0.717, 1.165) is 49.9 Å². The fourth-order valence-electron chi connectivity index (χ4n) is 2.69. The zero-order valence-corrected chi connectivity index (χ0v) is 14.9. The summed E-state index contributed by atoms with van der Waals surface area (Å²) in [7, 11) is 1.64. The minimum atomic E-state index is -0.183. The molecule has 1 atom stereocenters. The summed E-state index contributed by atoms with van der Waals surface area (Å²) in [5.41, 5.74) is 0. The van der Waals surface area contributed by atoms with Crippen LogP contribution in [0.15, 0.2) is 29.3 Å². The molecule has 0 spiro atoms. The van der Waals surface area contributed by atoms with Gasteiger partial charge in [-0.1, -0.05) is 12.1 Å². The second-order valence-corrected chi connectivity index (χ2v) is 5.99. The van der Waals surface area contributed by atoms with Gasteiger partial charge in [0, 0.05) is 19.6 Å². The third-order valence-corrected chi connectivity index (χ3v) is 3.99. The second kappa shape index (κ2) is 9.37. The van der Waals surface area contributed by atoms with Crippen LogP contribution in [0.25, 0.3) is 0 Å². The van der Waals surface area contributed by atoms with Crippen LogP contribution in [0.3, 0.4) is 0 Å². The summed E-state index contributed by atoms with van der Waals surface area (Å²) >= 11 is 0. The zero-order chi connectivity index (χ0) is 17.4. The van der Waals surface area contributed by atoms with Crippen molar-refractivity contribution in [2.24, 2.45) is 4.99 Å². The van der Waals surface area contributed by atoms with Crippen molar-refractivity contribution in [2.45, 2.75) is 38.9 Å². The number of benzene rings is 1. The molecule has 0 aromatic heterocycles. The van der Waals surface area contributed by atoms with Crippen LogP contribution in [-0.4, -0.2) is 61.5 Å². The maximum Gasteiger partial charge on any atom is 0.194 e. The highest BCUT2D eigenvalue weighted by atomic mass is 16.5. The molecule has 0 radical (unpaired) electrons. The number of para-hydroxylation sites is 2. The van der Waals surface area contributed by atoms with E-state index in [9.17, 15) is 5.11 Å². The molecule has 1 unspecified atom stereocenters. The Labute approximate surface area is 144 Å². The molecule has 1 fully saturated rings. The monoisotopic (exact) mass is 335 g/mol. The van der Waals surface area contributed by atoms with Gasteiger partial charge >= 0.3 is 0 Å². The number of aliphatic imine (C=N–C) groups is 1. The van der Waals surface area contributed by atoms with Crippen LogP contribution in [0.2, 0.25) is 0 Å². The van der Waals surface area contributed by atoms with Gasteiger partial charge in [-0.05, 0) is 38.8 Å². The zero-order valence-electron chi connectivity index (χ0n) is 14.9. The minimum absolute atomic E-state index is 0.0645. The summed E-state index contributed by atoms with van der Waals surface area (Å²) < 4.78 is 11.3. The first kappa shape index (κ1) is 18.4. The molecular formula is C18H29N3O3. The van der Waals surface area contributed by atoms with Gasteiger partial charge in [0.15, 0.2) is 17.5 Å². The molecule has 24 heavy (non-hydrogen) atoms. The number of nitrogens with zero attached hydrogens (tertiary/aromatic N) is 2. The Hall–Kier alpha value is -1.95. The lowest BCUT2D eigenvalue weighted by atomic mass is 10.1. The molecule has 1 saturated heterocycles. The molecule has 2 rings (SSSR count).